The third-order valence-corrected chi connectivity index (χ3v) is 5.17. The molecule has 0 saturated heterocycles. The van der Waals surface area contributed by atoms with Crippen molar-refractivity contribution < 1.29 is 0 Å². The van der Waals surface area contributed by atoms with E-state index in [-0.39, 0.29) is 0 Å². The van der Waals surface area contributed by atoms with Gasteiger partial charge in [-0.15, -0.1) is 11.3 Å². The van der Waals surface area contributed by atoms with Gasteiger partial charge in [0.2, 0.25) is 5.13 Å². The number of hydrazone groups is 1. The maximum Gasteiger partial charge on any atom is 0.203 e. The molecule has 1 fully saturated rings. The van der Waals surface area contributed by atoms with Crippen LogP contribution in [0.3, 0.4) is 0 Å². The first-order valence-electron chi connectivity index (χ1n) is 7.23. The third kappa shape index (κ3) is 4.03. The van der Waals surface area contributed by atoms with Crippen LogP contribution in [0.2, 0.25) is 0 Å². The number of anilines is 1. The Morgan fingerprint density at radius 1 is 1.33 bits per heavy atom. The molecule has 3 nitrogen and oxygen atoms in total. The second-order valence-corrected chi connectivity index (χ2v) is 7.64. The molecule has 1 aliphatic carbocycles. The lowest BCUT2D eigenvalue weighted by molar-refractivity contribution is 0.500. The minimum Gasteiger partial charge on any atom is -0.253 e. The molecule has 0 amide bonds. The predicted molar refractivity (Wildman–Crippen MR) is 99.0 cm³/mol. The van der Waals surface area contributed by atoms with E-state index in [4.69, 9.17) is 0 Å². The van der Waals surface area contributed by atoms with Gasteiger partial charge in [-0.05, 0) is 66.3 Å². The normalized spacial score (nSPS) is 20.7. The van der Waals surface area contributed by atoms with Gasteiger partial charge in [-0.3, -0.25) is 5.43 Å². The second-order valence-electron chi connectivity index (χ2n) is 5.54. The molecule has 0 bridgehead atoms. The standard InChI is InChI=1S/C16H18IN3S/c1-11-3-2-4-14(9-11)19-20-16-18-15(10-21-16)12-5-7-13(17)8-6-12/h5-8,10-11H,2-4,9H2,1H3,(H,18,20)/b19-14+. The molecular formula is C16H18IN3S. The van der Waals surface area contributed by atoms with Crippen LogP contribution in [0.4, 0.5) is 5.13 Å². The van der Waals surface area contributed by atoms with Crippen LogP contribution in [-0.2, 0) is 0 Å². The third-order valence-electron chi connectivity index (χ3n) is 3.70. The number of nitrogens with one attached hydrogen (secondary N) is 1. The molecule has 1 N–H and O–H groups in total. The molecule has 3 rings (SSSR count). The second kappa shape index (κ2) is 6.87. The summed E-state index contributed by atoms with van der Waals surface area (Å²) in [5, 5.41) is 7.49. The van der Waals surface area contributed by atoms with Crippen molar-refractivity contribution in [3.05, 3.63) is 33.2 Å². The molecule has 0 radical (unpaired) electrons. The molecule has 1 saturated carbocycles. The van der Waals surface area contributed by atoms with E-state index >= 15 is 0 Å². The largest absolute Gasteiger partial charge is 0.253 e. The summed E-state index contributed by atoms with van der Waals surface area (Å²) in [6, 6.07) is 8.42. The lowest BCUT2D eigenvalue weighted by Gasteiger charge is -2.18. The Kier molecular flexibility index (Phi) is 4.90. The minimum atomic E-state index is 0.762. The summed E-state index contributed by atoms with van der Waals surface area (Å²) in [6.07, 6.45) is 4.82. The van der Waals surface area contributed by atoms with Crippen molar-refractivity contribution in [1.29, 1.82) is 0 Å². The summed E-state index contributed by atoms with van der Waals surface area (Å²) >= 11 is 3.92. The van der Waals surface area contributed by atoms with Crippen LogP contribution >= 0.6 is 33.9 Å². The van der Waals surface area contributed by atoms with Gasteiger partial charge >= 0.3 is 0 Å². The smallest absolute Gasteiger partial charge is 0.203 e. The summed E-state index contributed by atoms with van der Waals surface area (Å²) < 4.78 is 1.24. The Bertz CT molecular complexity index is 633. The lowest BCUT2D eigenvalue weighted by atomic mass is 9.89. The molecule has 1 heterocycles. The molecule has 1 aliphatic rings. The van der Waals surface area contributed by atoms with Gasteiger partial charge in [0.25, 0.3) is 0 Å². The molecule has 2 aromatic rings. The van der Waals surface area contributed by atoms with Gasteiger partial charge in [0.05, 0.1) is 5.69 Å². The van der Waals surface area contributed by atoms with E-state index in [1.54, 1.807) is 11.3 Å². The van der Waals surface area contributed by atoms with Gasteiger partial charge < -0.3 is 0 Å². The van der Waals surface area contributed by atoms with Crippen molar-refractivity contribution in [1.82, 2.24) is 4.98 Å². The fourth-order valence-electron chi connectivity index (χ4n) is 2.57. The van der Waals surface area contributed by atoms with E-state index in [1.807, 2.05) is 0 Å². The average molecular weight is 411 g/mol. The zero-order chi connectivity index (χ0) is 14.7. The Hall–Kier alpha value is -0.950. The van der Waals surface area contributed by atoms with Gasteiger partial charge in [0.15, 0.2) is 0 Å². The molecule has 1 aromatic carbocycles. The number of hydrogen-bond acceptors (Lipinski definition) is 4. The van der Waals surface area contributed by atoms with Crippen molar-refractivity contribution in [3.63, 3.8) is 0 Å². The van der Waals surface area contributed by atoms with Crippen molar-refractivity contribution in [2.24, 2.45) is 11.0 Å². The van der Waals surface area contributed by atoms with E-state index in [1.165, 1.54) is 22.1 Å². The van der Waals surface area contributed by atoms with Gasteiger partial charge in [-0.1, -0.05) is 19.1 Å². The van der Waals surface area contributed by atoms with Crippen LogP contribution in [0.5, 0.6) is 0 Å². The molecule has 110 valence electrons. The van der Waals surface area contributed by atoms with E-state index in [9.17, 15) is 0 Å². The zero-order valence-corrected chi connectivity index (χ0v) is 14.9. The first-order chi connectivity index (χ1) is 10.2. The number of benzene rings is 1. The van der Waals surface area contributed by atoms with Gasteiger partial charge in [0.1, 0.15) is 0 Å². The van der Waals surface area contributed by atoms with Crippen LogP contribution < -0.4 is 5.43 Å². The summed E-state index contributed by atoms with van der Waals surface area (Å²) in [7, 11) is 0. The molecule has 1 atom stereocenters. The molecule has 1 aromatic heterocycles. The lowest BCUT2D eigenvalue weighted by Crippen LogP contribution is -2.13. The summed E-state index contributed by atoms with van der Waals surface area (Å²) in [4.78, 5) is 4.61. The highest BCUT2D eigenvalue weighted by atomic mass is 127. The Morgan fingerprint density at radius 3 is 2.90 bits per heavy atom. The van der Waals surface area contributed by atoms with Gasteiger partial charge in [-0.25, -0.2) is 4.98 Å². The molecule has 1 unspecified atom stereocenters. The van der Waals surface area contributed by atoms with Crippen molar-refractivity contribution in [3.8, 4) is 11.3 Å². The number of halogens is 1. The van der Waals surface area contributed by atoms with Crippen molar-refractivity contribution >= 4 is 44.8 Å². The molecule has 21 heavy (non-hydrogen) atoms. The van der Waals surface area contributed by atoms with Gasteiger partial charge in [0, 0.05) is 20.2 Å². The highest BCUT2D eigenvalue weighted by molar-refractivity contribution is 14.1. The Balaban J connectivity index is 1.67. The van der Waals surface area contributed by atoms with Crippen LogP contribution in [0.25, 0.3) is 11.3 Å². The fourth-order valence-corrected chi connectivity index (χ4v) is 3.59. The number of rotatable bonds is 3. The van der Waals surface area contributed by atoms with Crippen LogP contribution in [0.15, 0.2) is 34.7 Å². The summed E-state index contributed by atoms with van der Waals surface area (Å²) in [5.74, 6) is 0.762. The highest BCUT2D eigenvalue weighted by Crippen LogP contribution is 2.26. The molecular weight excluding hydrogens is 393 g/mol. The van der Waals surface area contributed by atoms with Crippen molar-refractivity contribution in [2.75, 3.05) is 5.43 Å². The van der Waals surface area contributed by atoms with Crippen LogP contribution in [-0.4, -0.2) is 10.7 Å². The summed E-state index contributed by atoms with van der Waals surface area (Å²) in [6.45, 7) is 2.30. The number of thiazole rings is 1. The SMILES string of the molecule is CC1CCC/C(=N\Nc2nc(-c3ccc(I)cc3)cs2)C1. The highest BCUT2D eigenvalue weighted by Gasteiger charge is 2.14. The van der Waals surface area contributed by atoms with E-state index in [0.717, 1.165) is 35.1 Å². The number of aromatic nitrogens is 1. The quantitative estimate of drug-likeness (QED) is 0.543. The molecule has 5 heteroatoms. The van der Waals surface area contributed by atoms with E-state index in [2.05, 4.69) is 74.7 Å². The predicted octanol–water partition coefficient (Wildman–Crippen LogP) is 5.39. The molecule has 0 spiro atoms. The first-order valence-corrected chi connectivity index (χ1v) is 9.19. The zero-order valence-electron chi connectivity index (χ0n) is 12.0. The monoisotopic (exact) mass is 411 g/mol. The number of nitrogens with zero attached hydrogens (tertiary/aromatic N) is 2. The Morgan fingerprint density at radius 2 is 2.14 bits per heavy atom. The van der Waals surface area contributed by atoms with Crippen LogP contribution in [0, 0.1) is 9.49 Å². The minimum absolute atomic E-state index is 0.762. The van der Waals surface area contributed by atoms with Crippen LogP contribution in [0.1, 0.15) is 32.6 Å². The number of hydrogen-bond donors (Lipinski definition) is 1. The maximum atomic E-state index is 4.61. The van der Waals surface area contributed by atoms with Gasteiger partial charge in [-0.2, -0.15) is 5.10 Å². The summed E-state index contributed by atoms with van der Waals surface area (Å²) in [5.41, 5.74) is 6.57. The van der Waals surface area contributed by atoms with E-state index < -0.39 is 0 Å². The maximum absolute atomic E-state index is 4.61. The average Bonchev–Trinajstić information content (AvgIpc) is 2.95. The Labute approximate surface area is 143 Å². The van der Waals surface area contributed by atoms with E-state index in [0.29, 0.717) is 0 Å². The molecule has 0 aliphatic heterocycles. The first kappa shape index (κ1) is 15.0. The topological polar surface area (TPSA) is 37.3 Å². The van der Waals surface area contributed by atoms with Crippen molar-refractivity contribution in [2.45, 2.75) is 32.6 Å². The fraction of sp³-hybridized carbons (Fsp3) is 0.375.